The van der Waals surface area contributed by atoms with Crippen molar-refractivity contribution in [2.24, 2.45) is 5.92 Å². The summed E-state index contributed by atoms with van der Waals surface area (Å²) in [7, 11) is 0. The first-order valence-electron chi connectivity index (χ1n) is 8.34. The molecule has 0 aliphatic heterocycles. The smallest absolute Gasteiger partial charge is 0.220 e. The van der Waals surface area contributed by atoms with E-state index in [1.807, 2.05) is 40.9 Å². The largest absolute Gasteiger partial charge is 0.466 e. The van der Waals surface area contributed by atoms with Crippen molar-refractivity contribution < 1.29 is 9.21 Å². The molecule has 1 fully saturated rings. The second-order valence-corrected chi connectivity index (χ2v) is 6.45. The average molecular weight is 324 g/mol. The van der Waals surface area contributed by atoms with Gasteiger partial charge in [0.25, 0.3) is 0 Å². The molecule has 0 unspecified atom stereocenters. The molecule has 0 aromatic carbocycles. The maximum atomic E-state index is 12.0. The number of nitrogens with zero attached hydrogens (tertiary/aromatic N) is 3. The molecule has 6 nitrogen and oxygen atoms in total. The Bertz CT molecular complexity index is 867. The number of furan rings is 1. The van der Waals surface area contributed by atoms with E-state index in [0.717, 1.165) is 28.9 Å². The Balaban J connectivity index is 1.28. The number of aryl methyl sites for hydroxylation is 1. The summed E-state index contributed by atoms with van der Waals surface area (Å²) in [6.45, 7) is 2.60. The van der Waals surface area contributed by atoms with Crippen molar-refractivity contribution >= 4 is 11.6 Å². The van der Waals surface area contributed by atoms with Crippen molar-refractivity contribution in [1.29, 1.82) is 0 Å². The van der Waals surface area contributed by atoms with Crippen LogP contribution in [0.5, 0.6) is 0 Å². The predicted molar refractivity (Wildman–Crippen MR) is 88.4 cm³/mol. The molecule has 1 amide bonds. The van der Waals surface area contributed by atoms with Gasteiger partial charge in [0, 0.05) is 25.0 Å². The van der Waals surface area contributed by atoms with E-state index < -0.39 is 0 Å². The molecule has 4 rings (SSSR count). The number of carbonyl (C=O) groups excluding carboxylic acids is 1. The molecule has 1 saturated carbocycles. The molecule has 24 heavy (non-hydrogen) atoms. The van der Waals surface area contributed by atoms with Crippen molar-refractivity contribution in [2.45, 2.75) is 38.6 Å². The minimum atomic E-state index is -0.0135. The van der Waals surface area contributed by atoms with Gasteiger partial charge in [0.2, 0.25) is 5.91 Å². The van der Waals surface area contributed by atoms with Crippen molar-refractivity contribution in [3.63, 3.8) is 0 Å². The van der Waals surface area contributed by atoms with Crippen molar-refractivity contribution in [1.82, 2.24) is 19.9 Å². The lowest BCUT2D eigenvalue weighted by atomic mass is 10.2. The number of amides is 1. The summed E-state index contributed by atoms with van der Waals surface area (Å²) in [6.07, 6.45) is 4.12. The summed E-state index contributed by atoms with van der Waals surface area (Å²) in [5, 5.41) is 11.1. The van der Waals surface area contributed by atoms with Gasteiger partial charge >= 0.3 is 0 Å². The third kappa shape index (κ3) is 3.04. The van der Waals surface area contributed by atoms with E-state index in [4.69, 9.17) is 4.42 Å². The highest BCUT2D eigenvalue weighted by Crippen LogP contribution is 2.47. The lowest BCUT2D eigenvalue weighted by molar-refractivity contribution is -0.121. The zero-order chi connectivity index (χ0) is 16.5. The number of hydrogen-bond donors (Lipinski definition) is 1. The molecule has 2 atom stereocenters. The van der Waals surface area contributed by atoms with E-state index in [-0.39, 0.29) is 5.91 Å². The van der Waals surface area contributed by atoms with Crippen molar-refractivity contribution in [3.05, 3.63) is 53.9 Å². The molecule has 3 heterocycles. The molecule has 0 radical (unpaired) electrons. The van der Waals surface area contributed by atoms with Crippen LogP contribution in [0.3, 0.4) is 0 Å². The quantitative estimate of drug-likeness (QED) is 0.756. The number of carbonyl (C=O) groups is 1. The molecular weight excluding hydrogens is 304 g/mol. The normalized spacial score (nSPS) is 19.5. The topological polar surface area (TPSA) is 72.4 Å². The Hall–Kier alpha value is -2.63. The fourth-order valence-corrected chi connectivity index (χ4v) is 2.96. The maximum absolute atomic E-state index is 12.0. The van der Waals surface area contributed by atoms with Crippen LogP contribution in [-0.2, 0) is 17.8 Å². The van der Waals surface area contributed by atoms with Gasteiger partial charge < -0.3 is 9.73 Å². The number of fused-ring (bicyclic) bond motifs is 1. The zero-order valence-corrected chi connectivity index (χ0v) is 13.6. The lowest BCUT2D eigenvalue weighted by Gasteiger charge is -2.03. The fourth-order valence-electron chi connectivity index (χ4n) is 2.96. The Labute approximate surface area is 139 Å². The molecule has 1 aliphatic carbocycles. The zero-order valence-electron chi connectivity index (χ0n) is 13.6. The average Bonchev–Trinajstić information content (AvgIpc) is 3.02. The van der Waals surface area contributed by atoms with Crippen LogP contribution in [0.1, 0.15) is 43.0 Å². The number of pyridine rings is 1. The van der Waals surface area contributed by atoms with Crippen LogP contribution in [-0.4, -0.2) is 20.5 Å². The summed E-state index contributed by atoms with van der Waals surface area (Å²) in [4.78, 5) is 12.0. The number of rotatable bonds is 6. The van der Waals surface area contributed by atoms with Gasteiger partial charge in [-0.1, -0.05) is 13.0 Å². The van der Waals surface area contributed by atoms with Crippen LogP contribution in [0.2, 0.25) is 0 Å². The minimum absolute atomic E-state index is 0.0135. The Morgan fingerprint density at radius 3 is 3.04 bits per heavy atom. The van der Waals surface area contributed by atoms with Crippen LogP contribution in [0.4, 0.5) is 0 Å². The molecule has 3 aromatic rings. The van der Waals surface area contributed by atoms with Gasteiger partial charge in [-0.15, -0.1) is 10.2 Å². The van der Waals surface area contributed by atoms with Gasteiger partial charge in [0.05, 0.1) is 6.54 Å². The van der Waals surface area contributed by atoms with Crippen LogP contribution in [0.25, 0.3) is 5.65 Å². The third-order valence-corrected chi connectivity index (χ3v) is 4.58. The second kappa shape index (κ2) is 6.11. The van der Waals surface area contributed by atoms with E-state index in [2.05, 4.69) is 22.4 Å². The highest BCUT2D eigenvalue weighted by molar-refractivity contribution is 5.76. The molecule has 124 valence electrons. The summed E-state index contributed by atoms with van der Waals surface area (Å²) >= 11 is 0. The van der Waals surface area contributed by atoms with Gasteiger partial charge in [0.1, 0.15) is 11.5 Å². The third-order valence-electron chi connectivity index (χ3n) is 4.58. The molecule has 0 bridgehead atoms. The molecular formula is C18H20N4O2. The first kappa shape index (κ1) is 14.9. The van der Waals surface area contributed by atoms with Gasteiger partial charge in [-0.05, 0) is 36.6 Å². The van der Waals surface area contributed by atoms with E-state index in [1.54, 1.807) is 0 Å². The van der Waals surface area contributed by atoms with Crippen molar-refractivity contribution in [3.8, 4) is 0 Å². The predicted octanol–water partition coefficient (Wildman–Crippen LogP) is 2.69. The number of nitrogens with one attached hydrogen (secondary N) is 1. The highest BCUT2D eigenvalue weighted by Gasteiger charge is 2.36. The second-order valence-electron chi connectivity index (χ2n) is 6.45. The molecule has 6 heteroatoms. The highest BCUT2D eigenvalue weighted by atomic mass is 16.3. The molecule has 1 N–H and O–H groups in total. The fraction of sp³-hybridized carbons (Fsp3) is 0.389. The van der Waals surface area contributed by atoms with Gasteiger partial charge in [-0.25, -0.2) is 0 Å². The lowest BCUT2D eigenvalue weighted by Crippen LogP contribution is -2.24. The van der Waals surface area contributed by atoms with Gasteiger partial charge in [-0.2, -0.15) is 0 Å². The van der Waals surface area contributed by atoms with E-state index in [1.165, 1.54) is 6.42 Å². The molecule has 3 aromatic heterocycles. The number of aromatic nitrogens is 3. The SMILES string of the molecule is C[C@H]1C[C@@H]1c1ccc(CCC(=O)NCc2nnc3ccccn23)o1. The summed E-state index contributed by atoms with van der Waals surface area (Å²) in [5.41, 5.74) is 0.777. The first-order valence-corrected chi connectivity index (χ1v) is 8.34. The molecule has 1 aliphatic rings. The van der Waals surface area contributed by atoms with Crippen molar-refractivity contribution in [2.75, 3.05) is 0 Å². The Morgan fingerprint density at radius 1 is 1.33 bits per heavy atom. The summed E-state index contributed by atoms with van der Waals surface area (Å²) in [6, 6.07) is 9.74. The van der Waals surface area contributed by atoms with E-state index in [0.29, 0.717) is 25.3 Å². The standard InChI is InChI=1S/C18H20N4O2/c1-12-10-14(12)15-7-5-13(24-15)6-8-18(23)19-11-17-21-20-16-4-2-3-9-22(16)17/h2-5,7,9,12,14H,6,8,10-11H2,1H3,(H,19,23)/t12-,14-/m0/s1. The van der Waals surface area contributed by atoms with Gasteiger partial charge in [0.15, 0.2) is 11.5 Å². The van der Waals surface area contributed by atoms with E-state index in [9.17, 15) is 4.79 Å². The Kier molecular flexibility index (Phi) is 3.80. The summed E-state index contributed by atoms with van der Waals surface area (Å²) in [5.74, 6) is 3.96. The minimum Gasteiger partial charge on any atom is -0.466 e. The molecule has 0 spiro atoms. The Morgan fingerprint density at radius 2 is 2.21 bits per heavy atom. The number of hydrogen-bond acceptors (Lipinski definition) is 4. The first-order chi connectivity index (χ1) is 11.7. The van der Waals surface area contributed by atoms with Gasteiger partial charge in [-0.3, -0.25) is 9.20 Å². The maximum Gasteiger partial charge on any atom is 0.220 e. The van der Waals surface area contributed by atoms with Crippen LogP contribution >= 0.6 is 0 Å². The molecule has 0 saturated heterocycles. The van der Waals surface area contributed by atoms with Crippen LogP contribution in [0, 0.1) is 5.92 Å². The monoisotopic (exact) mass is 324 g/mol. The van der Waals surface area contributed by atoms with Crippen LogP contribution in [0.15, 0.2) is 40.9 Å². The van der Waals surface area contributed by atoms with Crippen LogP contribution < -0.4 is 5.32 Å². The van der Waals surface area contributed by atoms with E-state index >= 15 is 0 Å². The summed E-state index contributed by atoms with van der Waals surface area (Å²) < 4.78 is 7.70.